The van der Waals surface area contributed by atoms with Crippen molar-refractivity contribution >= 4 is 16.0 Å². The van der Waals surface area contributed by atoms with Crippen molar-refractivity contribution in [3.8, 4) is 0 Å². The van der Waals surface area contributed by atoms with Gasteiger partial charge in [-0.1, -0.05) is 6.92 Å². The highest BCUT2D eigenvalue weighted by Gasteiger charge is 2.38. The SMILES string of the molecule is CCN1CCN(C2=NCCN2S(=O)(=O)C2=CC(OC(F)(F)F)=CCC2)CC1. The van der Waals surface area contributed by atoms with Crippen molar-refractivity contribution in [2.75, 3.05) is 45.8 Å². The van der Waals surface area contributed by atoms with Crippen LogP contribution in [-0.4, -0.2) is 80.7 Å². The Morgan fingerprint density at radius 2 is 1.89 bits per heavy atom. The summed E-state index contributed by atoms with van der Waals surface area (Å²) in [7, 11) is -3.95. The number of guanidine groups is 1. The Balaban J connectivity index is 1.76. The van der Waals surface area contributed by atoms with Crippen LogP contribution in [0.3, 0.4) is 0 Å². The van der Waals surface area contributed by atoms with Gasteiger partial charge < -0.3 is 14.5 Å². The smallest absolute Gasteiger partial charge is 0.406 e. The third-order valence-corrected chi connectivity index (χ3v) is 6.69. The summed E-state index contributed by atoms with van der Waals surface area (Å²) in [5.41, 5.74) is 0. The maximum absolute atomic E-state index is 13.0. The molecule has 3 rings (SSSR count). The topological polar surface area (TPSA) is 65.5 Å². The third kappa shape index (κ3) is 4.57. The van der Waals surface area contributed by atoms with Gasteiger partial charge in [0, 0.05) is 26.2 Å². The largest absolute Gasteiger partial charge is 0.573 e. The molecule has 0 atom stereocenters. The number of hydrogen-bond donors (Lipinski definition) is 0. The van der Waals surface area contributed by atoms with E-state index in [1.54, 1.807) is 0 Å². The van der Waals surface area contributed by atoms with Gasteiger partial charge >= 0.3 is 6.36 Å². The number of ether oxygens (including phenoxy) is 1. The fraction of sp³-hybridized carbons (Fsp3) is 0.688. The van der Waals surface area contributed by atoms with Crippen molar-refractivity contribution in [3.05, 3.63) is 22.8 Å². The van der Waals surface area contributed by atoms with Crippen LogP contribution in [0.15, 0.2) is 27.8 Å². The zero-order chi connectivity index (χ0) is 19.7. The van der Waals surface area contributed by atoms with Gasteiger partial charge in [0.1, 0.15) is 5.76 Å². The molecule has 2 heterocycles. The number of nitrogens with zero attached hydrogens (tertiary/aromatic N) is 4. The molecule has 0 N–H and O–H groups in total. The van der Waals surface area contributed by atoms with Gasteiger partial charge in [0.25, 0.3) is 10.0 Å². The van der Waals surface area contributed by atoms with Gasteiger partial charge in [-0.3, -0.25) is 4.99 Å². The first-order chi connectivity index (χ1) is 12.7. The number of aliphatic imine (C=N–C) groups is 1. The summed E-state index contributed by atoms with van der Waals surface area (Å²) in [5, 5.41) is 0. The van der Waals surface area contributed by atoms with Gasteiger partial charge in [0.05, 0.1) is 18.0 Å². The number of hydrogen-bond acceptors (Lipinski definition) is 6. The molecule has 1 aliphatic carbocycles. The predicted octanol–water partition coefficient (Wildman–Crippen LogP) is 1.72. The number of allylic oxidation sites excluding steroid dienone is 3. The number of sulfonamides is 1. The van der Waals surface area contributed by atoms with Crippen LogP contribution >= 0.6 is 0 Å². The predicted molar refractivity (Wildman–Crippen MR) is 94.2 cm³/mol. The second-order valence-corrected chi connectivity index (χ2v) is 8.40. The van der Waals surface area contributed by atoms with Crippen LogP contribution in [0, 0.1) is 0 Å². The van der Waals surface area contributed by atoms with E-state index >= 15 is 0 Å². The molecule has 2 aliphatic heterocycles. The molecule has 0 unspecified atom stereocenters. The highest BCUT2D eigenvalue weighted by molar-refractivity contribution is 7.93. The van der Waals surface area contributed by atoms with Gasteiger partial charge in [0.15, 0.2) is 0 Å². The first-order valence-corrected chi connectivity index (χ1v) is 10.4. The molecule has 0 radical (unpaired) electrons. The molecule has 152 valence electrons. The van der Waals surface area contributed by atoms with Crippen molar-refractivity contribution in [1.29, 1.82) is 0 Å². The summed E-state index contributed by atoms with van der Waals surface area (Å²) >= 11 is 0. The maximum Gasteiger partial charge on any atom is 0.573 e. The fourth-order valence-electron chi connectivity index (χ4n) is 3.37. The second kappa shape index (κ2) is 7.70. The Morgan fingerprint density at radius 1 is 1.19 bits per heavy atom. The average molecular weight is 408 g/mol. The molecule has 1 fully saturated rings. The minimum Gasteiger partial charge on any atom is -0.406 e. The Labute approximate surface area is 156 Å². The molecule has 0 spiro atoms. The Kier molecular flexibility index (Phi) is 5.71. The standard InChI is InChI=1S/C16H23F3N4O3S/c1-2-21-8-10-22(11-9-21)15-20-6-7-23(15)27(24,25)14-5-3-4-13(12-14)26-16(17,18)19/h4,12H,2-3,5-11H2,1H3. The van der Waals surface area contributed by atoms with E-state index in [4.69, 9.17) is 0 Å². The molecule has 0 aromatic carbocycles. The number of halogens is 3. The van der Waals surface area contributed by atoms with Gasteiger partial charge in [-0.2, -0.15) is 0 Å². The summed E-state index contributed by atoms with van der Waals surface area (Å²) in [4.78, 5) is 8.47. The molecular formula is C16H23F3N4O3S. The molecule has 0 aromatic rings. The Morgan fingerprint density at radius 3 is 2.52 bits per heavy atom. The molecule has 0 saturated carbocycles. The highest BCUT2D eigenvalue weighted by Crippen LogP contribution is 2.30. The molecule has 0 amide bonds. The van der Waals surface area contributed by atoms with E-state index in [0.29, 0.717) is 25.6 Å². The van der Waals surface area contributed by atoms with Crippen LogP contribution in [0.5, 0.6) is 0 Å². The zero-order valence-electron chi connectivity index (χ0n) is 15.1. The van der Waals surface area contributed by atoms with Crippen LogP contribution in [0.2, 0.25) is 0 Å². The normalized spacial score (nSPS) is 22.4. The van der Waals surface area contributed by atoms with E-state index in [1.165, 1.54) is 10.4 Å². The van der Waals surface area contributed by atoms with Crippen molar-refractivity contribution in [1.82, 2.24) is 14.1 Å². The van der Waals surface area contributed by atoms with Gasteiger partial charge in [-0.25, -0.2) is 12.7 Å². The van der Waals surface area contributed by atoms with E-state index in [-0.39, 0.29) is 24.3 Å². The number of likely N-dealkylation sites (N-methyl/N-ethyl adjacent to an activating group) is 1. The molecular weight excluding hydrogens is 385 g/mol. The molecule has 3 aliphatic rings. The quantitative estimate of drug-likeness (QED) is 0.709. The van der Waals surface area contributed by atoms with Gasteiger partial charge in [-0.05, 0) is 31.5 Å². The van der Waals surface area contributed by atoms with Gasteiger partial charge in [0.2, 0.25) is 5.96 Å². The minimum absolute atomic E-state index is 0.0777. The highest BCUT2D eigenvalue weighted by atomic mass is 32.2. The fourth-order valence-corrected chi connectivity index (χ4v) is 5.00. The summed E-state index contributed by atoms with van der Waals surface area (Å²) in [6, 6.07) is 0. The first-order valence-electron chi connectivity index (χ1n) is 8.91. The van der Waals surface area contributed by atoms with E-state index < -0.39 is 22.1 Å². The van der Waals surface area contributed by atoms with Crippen molar-refractivity contribution < 1.29 is 26.3 Å². The molecule has 0 bridgehead atoms. The molecule has 27 heavy (non-hydrogen) atoms. The van der Waals surface area contributed by atoms with E-state index in [1.807, 2.05) is 4.90 Å². The number of alkyl halides is 3. The lowest BCUT2D eigenvalue weighted by Crippen LogP contribution is -2.53. The molecule has 11 heteroatoms. The summed E-state index contributed by atoms with van der Waals surface area (Å²) in [6.45, 7) is 6.52. The third-order valence-electron chi connectivity index (χ3n) is 4.78. The van der Waals surface area contributed by atoms with Crippen molar-refractivity contribution in [3.63, 3.8) is 0 Å². The van der Waals surface area contributed by atoms with Crippen LogP contribution in [0.1, 0.15) is 19.8 Å². The lowest BCUT2D eigenvalue weighted by Gasteiger charge is -2.37. The maximum atomic E-state index is 13.0. The Hall–Kier alpha value is -1.75. The molecule has 1 saturated heterocycles. The average Bonchev–Trinajstić information content (AvgIpc) is 3.11. The van der Waals surface area contributed by atoms with Crippen LogP contribution in [0.4, 0.5) is 13.2 Å². The monoisotopic (exact) mass is 408 g/mol. The first kappa shape index (κ1) is 20.0. The summed E-state index contributed by atoms with van der Waals surface area (Å²) < 4.78 is 68.6. The summed E-state index contributed by atoms with van der Waals surface area (Å²) in [6.07, 6.45) is -2.33. The van der Waals surface area contributed by atoms with Crippen LogP contribution < -0.4 is 0 Å². The minimum atomic E-state index is -4.85. The lowest BCUT2D eigenvalue weighted by molar-refractivity contribution is -0.303. The molecule has 7 nitrogen and oxygen atoms in total. The van der Waals surface area contributed by atoms with Crippen LogP contribution in [-0.2, 0) is 14.8 Å². The second-order valence-electron chi connectivity index (χ2n) is 6.48. The van der Waals surface area contributed by atoms with Crippen molar-refractivity contribution in [2.45, 2.75) is 26.1 Å². The van der Waals surface area contributed by atoms with Crippen LogP contribution in [0.25, 0.3) is 0 Å². The molecule has 0 aromatic heterocycles. The Bertz CT molecular complexity index is 753. The van der Waals surface area contributed by atoms with E-state index in [0.717, 1.165) is 25.7 Å². The number of piperazine rings is 1. The van der Waals surface area contributed by atoms with E-state index in [9.17, 15) is 21.6 Å². The van der Waals surface area contributed by atoms with E-state index in [2.05, 4.69) is 21.6 Å². The van der Waals surface area contributed by atoms with Crippen molar-refractivity contribution in [2.24, 2.45) is 4.99 Å². The van der Waals surface area contributed by atoms with Gasteiger partial charge in [-0.15, -0.1) is 13.2 Å². The lowest BCUT2D eigenvalue weighted by atomic mass is 10.2. The zero-order valence-corrected chi connectivity index (χ0v) is 15.9. The summed E-state index contributed by atoms with van der Waals surface area (Å²) in [5.74, 6) is -0.0962. The number of rotatable bonds is 4.